The lowest BCUT2D eigenvalue weighted by Gasteiger charge is -2.35. The minimum atomic E-state index is -0.211. The Hall–Kier alpha value is -0.900. The standard InChI is InChI=1S/C21H34O3/c1-16(18-11-12-20(3,4)13-22-18)9-7-8-10-17(2)19-23-14-21(5,6)15-24-19/h7-10,18-19H,11-15H2,1-6H3/b8-7+,16-9+,17-10+. The van der Waals surface area contributed by atoms with Crippen molar-refractivity contribution in [1.82, 2.24) is 0 Å². The highest BCUT2D eigenvalue weighted by molar-refractivity contribution is 5.21. The van der Waals surface area contributed by atoms with E-state index in [1.165, 1.54) is 12.0 Å². The molecule has 0 aromatic carbocycles. The summed E-state index contributed by atoms with van der Waals surface area (Å²) < 4.78 is 17.6. The first-order chi connectivity index (χ1) is 11.2. The molecule has 0 aromatic rings. The molecular formula is C21H34O3. The predicted molar refractivity (Wildman–Crippen MR) is 98.9 cm³/mol. The zero-order chi connectivity index (χ0) is 17.8. The minimum absolute atomic E-state index is 0.112. The lowest BCUT2D eigenvalue weighted by molar-refractivity contribution is -0.202. The Kier molecular flexibility index (Phi) is 6.46. The number of hydrogen-bond donors (Lipinski definition) is 0. The summed E-state index contributed by atoms with van der Waals surface area (Å²) in [6.45, 7) is 15.4. The van der Waals surface area contributed by atoms with E-state index in [-0.39, 0.29) is 17.8 Å². The summed E-state index contributed by atoms with van der Waals surface area (Å²) in [4.78, 5) is 0. The lowest BCUT2D eigenvalue weighted by atomic mass is 9.84. The van der Waals surface area contributed by atoms with Crippen LogP contribution in [-0.4, -0.2) is 32.2 Å². The highest BCUT2D eigenvalue weighted by Crippen LogP contribution is 2.32. The Morgan fingerprint density at radius 1 is 0.792 bits per heavy atom. The Bertz CT molecular complexity index is 445. The van der Waals surface area contributed by atoms with Crippen molar-refractivity contribution in [3.05, 3.63) is 35.5 Å². The maximum absolute atomic E-state index is 5.99. The molecule has 3 nitrogen and oxygen atoms in total. The van der Waals surface area contributed by atoms with Gasteiger partial charge in [-0.1, -0.05) is 52.0 Å². The summed E-state index contributed by atoms with van der Waals surface area (Å²) in [7, 11) is 0. The third kappa shape index (κ3) is 5.87. The van der Waals surface area contributed by atoms with Gasteiger partial charge in [-0.25, -0.2) is 0 Å². The Morgan fingerprint density at radius 2 is 1.33 bits per heavy atom. The number of allylic oxidation sites excluding steroid dienone is 4. The Balaban J connectivity index is 1.82. The van der Waals surface area contributed by atoms with Gasteiger partial charge >= 0.3 is 0 Å². The van der Waals surface area contributed by atoms with Crippen LogP contribution < -0.4 is 0 Å². The van der Waals surface area contributed by atoms with Crippen molar-refractivity contribution in [3.63, 3.8) is 0 Å². The maximum Gasteiger partial charge on any atom is 0.179 e. The molecule has 0 amide bonds. The van der Waals surface area contributed by atoms with Crippen LogP contribution in [0.3, 0.4) is 0 Å². The van der Waals surface area contributed by atoms with Gasteiger partial charge in [-0.15, -0.1) is 0 Å². The summed E-state index contributed by atoms with van der Waals surface area (Å²) in [6, 6.07) is 0. The lowest BCUT2D eigenvalue weighted by Crippen LogP contribution is -2.38. The number of ether oxygens (including phenoxy) is 3. The largest absolute Gasteiger partial charge is 0.373 e. The molecule has 0 saturated carbocycles. The van der Waals surface area contributed by atoms with E-state index in [1.54, 1.807) is 0 Å². The van der Waals surface area contributed by atoms with Gasteiger partial charge in [0.25, 0.3) is 0 Å². The molecule has 2 saturated heterocycles. The van der Waals surface area contributed by atoms with Gasteiger partial charge in [0.05, 0.1) is 25.9 Å². The van der Waals surface area contributed by atoms with Gasteiger partial charge in [0.2, 0.25) is 0 Å². The molecule has 0 aromatic heterocycles. The molecule has 24 heavy (non-hydrogen) atoms. The van der Waals surface area contributed by atoms with Crippen LogP contribution in [0, 0.1) is 10.8 Å². The molecule has 0 bridgehead atoms. The molecule has 2 aliphatic rings. The average Bonchev–Trinajstić information content (AvgIpc) is 2.51. The summed E-state index contributed by atoms with van der Waals surface area (Å²) in [5, 5.41) is 0. The van der Waals surface area contributed by atoms with Crippen LogP contribution >= 0.6 is 0 Å². The molecule has 2 fully saturated rings. The first-order valence-electron chi connectivity index (χ1n) is 9.05. The molecule has 1 unspecified atom stereocenters. The predicted octanol–water partition coefficient (Wildman–Crippen LogP) is 5.04. The van der Waals surface area contributed by atoms with Crippen LogP contribution in [0.1, 0.15) is 54.4 Å². The summed E-state index contributed by atoms with van der Waals surface area (Å²) in [6.07, 6.45) is 10.7. The van der Waals surface area contributed by atoms with Crippen LogP contribution in [-0.2, 0) is 14.2 Å². The maximum atomic E-state index is 5.99. The van der Waals surface area contributed by atoms with Gasteiger partial charge in [-0.2, -0.15) is 0 Å². The number of rotatable bonds is 4. The van der Waals surface area contributed by atoms with E-state index in [2.05, 4.69) is 65.8 Å². The molecule has 2 aliphatic heterocycles. The third-order valence-corrected chi connectivity index (χ3v) is 4.72. The van der Waals surface area contributed by atoms with E-state index in [9.17, 15) is 0 Å². The van der Waals surface area contributed by atoms with E-state index in [0.717, 1.165) is 31.8 Å². The van der Waals surface area contributed by atoms with Crippen molar-refractivity contribution in [1.29, 1.82) is 0 Å². The summed E-state index contributed by atoms with van der Waals surface area (Å²) in [5.74, 6) is 0. The van der Waals surface area contributed by atoms with Gasteiger partial charge < -0.3 is 14.2 Å². The molecule has 0 aliphatic carbocycles. The molecule has 2 heterocycles. The van der Waals surface area contributed by atoms with Crippen molar-refractivity contribution in [2.24, 2.45) is 10.8 Å². The summed E-state index contributed by atoms with van der Waals surface area (Å²) >= 11 is 0. The van der Waals surface area contributed by atoms with E-state index in [4.69, 9.17) is 14.2 Å². The van der Waals surface area contributed by atoms with Gasteiger partial charge in [-0.05, 0) is 43.3 Å². The normalized spacial score (nSPS) is 29.2. The van der Waals surface area contributed by atoms with Crippen LogP contribution in [0.15, 0.2) is 35.5 Å². The third-order valence-electron chi connectivity index (χ3n) is 4.72. The molecule has 2 rings (SSSR count). The van der Waals surface area contributed by atoms with Crippen molar-refractivity contribution in [3.8, 4) is 0 Å². The van der Waals surface area contributed by atoms with Crippen LogP contribution in [0.4, 0.5) is 0 Å². The molecule has 3 heteroatoms. The van der Waals surface area contributed by atoms with Crippen LogP contribution in [0.25, 0.3) is 0 Å². The zero-order valence-electron chi connectivity index (χ0n) is 16.2. The molecular weight excluding hydrogens is 300 g/mol. The van der Waals surface area contributed by atoms with Gasteiger partial charge in [0.1, 0.15) is 0 Å². The fraction of sp³-hybridized carbons (Fsp3) is 0.714. The van der Waals surface area contributed by atoms with E-state index < -0.39 is 0 Å². The first kappa shape index (κ1) is 19.4. The van der Waals surface area contributed by atoms with Crippen molar-refractivity contribution in [2.45, 2.75) is 66.8 Å². The fourth-order valence-corrected chi connectivity index (χ4v) is 2.92. The minimum Gasteiger partial charge on any atom is -0.373 e. The monoisotopic (exact) mass is 334 g/mol. The van der Waals surface area contributed by atoms with Crippen LogP contribution in [0.2, 0.25) is 0 Å². The molecule has 1 atom stereocenters. The highest BCUT2D eigenvalue weighted by Gasteiger charge is 2.29. The second-order valence-corrected chi connectivity index (χ2v) is 8.83. The average molecular weight is 335 g/mol. The highest BCUT2D eigenvalue weighted by atomic mass is 16.7. The Labute approximate surface area is 147 Å². The van der Waals surface area contributed by atoms with E-state index in [0.29, 0.717) is 5.41 Å². The summed E-state index contributed by atoms with van der Waals surface area (Å²) in [5.41, 5.74) is 2.82. The fourth-order valence-electron chi connectivity index (χ4n) is 2.92. The topological polar surface area (TPSA) is 27.7 Å². The second-order valence-electron chi connectivity index (χ2n) is 8.83. The van der Waals surface area contributed by atoms with Gasteiger partial charge in [-0.3, -0.25) is 0 Å². The van der Waals surface area contributed by atoms with Gasteiger partial charge in [0, 0.05) is 5.41 Å². The van der Waals surface area contributed by atoms with Gasteiger partial charge in [0.15, 0.2) is 6.29 Å². The second kappa shape index (κ2) is 7.99. The number of hydrogen-bond acceptors (Lipinski definition) is 3. The molecule has 0 N–H and O–H groups in total. The molecule has 0 radical (unpaired) electrons. The van der Waals surface area contributed by atoms with Crippen molar-refractivity contribution >= 4 is 0 Å². The Morgan fingerprint density at radius 3 is 1.88 bits per heavy atom. The molecule has 136 valence electrons. The zero-order valence-corrected chi connectivity index (χ0v) is 16.2. The quantitative estimate of drug-likeness (QED) is 0.674. The van der Waals surface area contributed by atoms with Crippen molar-refractivity contribution in [2.75, 3.05) is 19.8 Å². The van der Waals surface area contributed by atoms with Crippen molar-refractivity contribution < 1.29 is 14.2 Å². The SMILES string of the molecule is C\C(=C/C=C/C=C(\C)C1OCC(C)(C)CO1)C1CCC(C)(C)CO1. The van der Waals surface area contributed by atoms with Crippen LogP contribution in [0.5, 0.6) is 0 Å². The molecule has 0 spiro atoms. The van der Waals surface area contributed by atoms with E-state index in [1.807, 2.05) is 0 Å². The first-order valence-corrected chi connectivity index (χ1v) is 9.05. The van der Waals surface area contributed by atoms with E-state index >= 15 is 0 Å². The smallest absolute Gasteiger partial charge is 0.179 e.